The third-order valence-corrected chi connectivity index (χ3v) is 12.1. The van der Waals surface area contributed by atoms with Crippen LogP contribution >= 0.6 is 0 Å². The molecule has 0 atom stereocenters. The van der Waals surface area contributed by atoms with Gasteiger partial charge in [0.25, 0.3) is 0 Å². The second-order valence-electron chi connectivity index (χ2n) is 19.3. The number of para-hydroxylation sites is 1. The molecule has 0 fully saturated rings. The van der Waals surface area contributed by atoms with Crippen molar-refractivity contribution in [3.05, 3.63) is 192 Å². The van der Waals surface area contributed by atoms with E-state index in [1.165, 1.54) is 0 Å². The van der Waals surface area contributed by atoms with Crippen molar-refractivity contribution in [1.29, 1.82) is 0 Å². The van der Waals surface area contributed by atoms with E-state index in [-0.39, 0.29) is 22.4 Å². The summed E-state index contributed by atoms with van der Waals surface area (Å²) in [6.07, 6.45) is -0.753. The fraction of sp³-hybridized carbons (Fsp3) is 0.238. The quantitative estimate of drug-likeness (QED) is 0.165. The van der Waals surface area contributed by atoms with Gasteiger partial charge in [-0.05, 0) is 127 Å². The van der Waals surface area contributed by atoms with Crippen molar-refractivity contribution in [3.8, 4) is 78.6 Å². The first-order valence-electron chi connectivity index (χ1n) is 30.7. The third kappa shape index (κ3) is 8.98. The maximum Gasteiger partial charge on any atom is 0.149 e. The molecular weight excluding hydrogens is 815 g/mol. The Morgan fingerprint density at radius 3 is 1.90 bits per heavy atom. The van der Waals surface area contributed by atoms with Crippen LogP contribution in [0.1, 0.15) is 127 Å². The Morgan fingerprint density at radius 1 is 0.567 bits per heavy atom. The average molecular weight is 895 g/mol. The Bertz CT molecular complexity index is 4000. The lowest BCUT2D eigenvalue weighted by Gasteiger charge is -2.27. The summed E-state index contributed by atoms with van der Waals surface area (Å²) in [7, 11) is 0. The molecule has 336 valence electrons. The SMILES string of the molecule is [2H]c1nc(-c2cc(-c3ccccc3)cc(-c3cccc4c3nc(-c3cc(C(C)(C)C)cc(C(C)(C)C)c3O)n4-c3ccc(C([2H])(C)C)cc3-c3ccccc3)c2)c([2H])c(-c2c([2H])c([2H])c(C(C([2H])([2H])[2H])(C([2H])([2H])[2H])C([2H])([2H])[2H])c([2H])c2[2H])c1[2H]. The van der Waals surface area contributed by atoms with Crippen molar-refractivity contribution in [3.63, 3.8) is 0 Å². The van der Waals surface area contributed by atoms with Crippen molar-refractivity contribution in [2.45, 2.75) is 98.1 Å². The van der Waals surface area contributed by atoms with E-state index in [1.54, 1.807) is 12.1 Å². The standard InChI is InChI=1S/C63H63N3O/c1-40(2)44-27-30-56(52(36-44)43-21-16-13-17-22-43)66-57-24-18-23-51(58(57)65-60(66)53-38-50(62(6,7)8)39-54(59(53)67)63(9,10)11)47-33-46(41-19-14-12-15-20-41)34-48(35-47)55-37-45(31-32-64-55)42-25-28-49(29-26-42)61(3,4)5/h12-40,67H,1-11H3/i3D3,4D3,5D3,25D,26D,28D,29D,31D,32D,37D,40D. The molecule has 9 rings (SSSR count). The van der Waals surface area contributed by atoms with Gasteiger partial charge in [0.2, 0.25) is 0 Å². The first-order valence-corrected chi connectivity index (χ1v) is 22.2. The van der Waals surface area contributed by atoms with Gasteiger partial charge in [0, 0.05) is 42.1 Å². The van der Waals surface area contributed by atoms with Crippen molar-refractivity contribution in [2.24, 2.45) is 0 Å². The van der Waals surface area contributed by atoms with Gasteiger partial charge < -0.3 is 5.11 Å². The summed E-state index contributed by atoms with van der Waals surface area (Å²) in [5, 5.41) is 12.7. The van der Waals surface area contributed by atoms with Gasteiger partial charge in [-0.15, -0.1) is 0 Å². The number of fused-ring (bicyclic) bond motifs is 1. The Balaban J connectivity index is 1.38. The highest BCUT2D eigenvalue weighted by Crippen LogP contribution is 2.46. The van der Waals surface area contributed by atoms with Crippen molar-refractivity contribution < 1.29 is 28.4 Å². The van der Waals surface area contributed by atoms with E-state index in [4.69, 9.17) is 24.2 Å². The van der Waals surface area contributed by atoms with Crippen molar-refractivity contribution in [1.82, 2.24) is 14.5 Å². The zero-order valence-electron chi connectivity index (χ0n) is 55.9. The second-order valence-corrected chi connectivity index (χ2v) is 19.3. The van der Waals surface area contributed by atoms with E-state index in [1.807, 2.05) is 154 Å². The van der Waals surface area contributed by atoms with E-state index < -0.39 is 96.4 Å². The van der Waals surface area contributed by atoms with E-state index in [0.717, 1.165) is 22.3 Å². The summed E-state index contributed by atoms with van der Waals surface area (Å²) in [5.74, 6) is -0.522. The van der Waals surface area contributed by atoms with E-state index in [2.05, 4.69) is 25.8 Å². The molecule has 0 saturated carbocycles. The normalized spacial score (nSPS) is 16.7. The number of aromatic hydroxyl groups is 1. The van der Waals surface area contributed by atoms with Crippen molar-refractivity contribution >= 4 is 11.0 Å². The second kappa shape index (κ2) is 17.3. The summed E-state index contributed by atoms with van der Waals surface area (Å²) in [5.41, 5.74) is 1.14. The molecule has 4 heteroatoms. The minimum absolute atomic E-state index is 0.0450. The zero-order valence-corrected chi connectivity index (χ0v) is 38.9. The summed E-state index contributed by atoms with van der Waals surface area (Å²) >= 11 is 0. The lowest BCUT2D eigenvalue weighted by Crippen LogP contribution is -2.17. The van der Waals surface area contributed by atoms with Gasteiger partial charge in [-0.2, -0.15) is 0 Å². The molecule has 0 unspecified atom stereocenters. The molecule has 0 spiro atoms. The molecule has 0 saturated heterocycles. The number of aromatic nitrogens is 3. The number of phenols is 1. The molecule has 0 bridgehead atoms. The molecule has 9 aromatic rings. The summed E-state index contributed by atoms with van der Waals surface area (Å²) < 4.78 is 150. The predicted octanol–water partition coefficient (Wildman–Crippen LogP) is 17.1. The number of rotatable bonds is 8. The molecule has 2 aromatic heterocycles. The Kier molecular flexibility index (Phi) is 7.46. The lowest BCUT2D eigenvalue weighted by molar-refractivity contribution is 0.446. The third-order valence-electron chi connectivity index (χ3n) is 12.1. The summed E-state index contributed by atoms with van der Waals surface area (Å²) in [4.78, 5) is 9.97. The minimum Gasteiger partial charge on any atom is -0.507 e. The molecule has 0 radical (unpaired) electrons. The first kappa shape index (κ1) is 28.9. The molecule has 4 nitrogen and oxygen atoms in total. The van der Waals surface area contributed by atoms with E-state index in [0.29, 0.717) is 55.9 Å². The molecule has 0 aliphatic heterocycles. The first-order chi connectivity index (χ1) is 38.8. The molecule has 67 heavy (non-hydrogen) atoms. The van der Waals surface area contributed by atoms with Gasteiger partial charge in [0.05, 0.1) is 37.6 Å². The van der Waals surface area contributed by atoms with Crippen LogP contribution in [0.2, 0.25) is 0 Å². The Labute approximate surface area is 422 Å². The number of imidazole rings is 1. The summed E-state index contributed by atoms with van der Waals surface area (Å²) in [6.45, 7) is 4.27. The maximum absolute atomic E-state index is 12.7. The van der Waals surface area contributed by atoms with Crippen LogP contribution < -0.4 is 0 Å². The smallest absolute Gasteiger partial charge is 0.149 e. The van der Waals surface area contributed by atoms with Crippen molar-refractivity contribution in [2.75, 3.05) is 0 Å². The van der Waals surface area contributed by atoms with E-state index in [9.17, 15) is 9.22 Å². The number of benzene rings is 7. The van der Waals surface area contributed by atoms with Gasteiger partial charge in [-0.1, -0.05) is 185 Å². The molecule has 0 amide bonds. The lowest BCUT2D eigenvalue weighted by atomic mass is 9.79. The largest absolute Gasteiger partial charge is 0.507 e. The fourth-order valence-corrected chi connectivity index (χ4v) is 8.38. The predicted molar refractivity (Wildman–Crippen MR) is 283 cm³/mol. The highest BCUT2D eigenvalue weighted by atomic mass is 16.3. The van der Waals surface area contributed by atoms with Gasteiger partial charge >= 0.3 is 0 Å². The van der Waals surface area contributed by atoms with Gasteiger partial charge in [-0.25, -0.2) is 4.98 Å². The number of phenolic OH excluding ortho intramolecular Hbond substituents is 1. The van der Waals surface area contributed by atoms with Crippen LogP contribution in [0.3, 0.4) is 0 Å². The molecule has 0 aliphatic carbocycles. The zero-order chi connectivity index (χ0) is 61.9. The van der Waals surface area contributed by atoms with Gasteiger partial charge in [-0.3, -0.25) is 9.55 Å². The topological polar surface area (TPSA) is 50.9 Å². The van der Waals surface area contributed by atoms with Crippen LogP contribution in [-0.2, 0) is 16.2 Å². The molecule has 1 N–H and O–H groups in total. The van der Waals surface area contributed by atoms with Gasteiger partial charge in [0.15, 0.2) is 0 Å². The van der Waals surface area contributed by atoms with Crippen LogP contribution in [-0.4, -0.2) is 19.6 Å². The fourth-order valence-electron chi connectivity index (χ4n) is 8.38. The maximum atomic E-state index is 12.7. The number of pyridine rings is 1. The van der Waals surface area contributed by atoms with Crippen LogP contribution in [0.5, 0.6) is 5.75 Å². The highest BCUT2D eigenvalue weighted by Gasteiger charge is 2.29. The molecule has 0 aliphatic rings. The molecule has 2 heterocycles. The Morgan fingerprint density at radius 2 is 1.24 bits per heavy atom. The highest BCUT2D eigenvalue weighted by molar-refractivity contribution is 5.98. The monoisotopic (exact) mass is 895 g/mol. The minimum atomic E-state index is -3.94. The van der Waals surface area contributed by atoms with E-state index >= 15 is 0 Å². The average Bonchev–Trinajstić information content (AvgIpc) is 0.773. The molecular formula is C63H63N3O. The van der Waals surface area contributed by atoms with Gasteiger partial charge in [0.1, 0.15) is 11.6 Å². The van der Waals surface area contributed by atoms with Crippen LogP contribution in [0, 0.1) is 0 Å². The Hall–Kier alpha value is -7.04. The molecule has 7 aromatic carbocycles. The number of nitrogens with zero attached hydrogens (tertiary/aromatic N) is 3. The number of hydrogen-bond acceptors (Lipinski definition) is 3. The summed E-state index contributed by atoms with van der Waals surface area (Å²) in [6, 6.07) is 33.7. The van der Waals surface area contributed by atoms with Crippen LogP contribution in [0.4, 0.5) is 0 Å². The van der Waals surface area contributed by atoms with Crippen LogP contribution in [0.15, 0.2) is 170 Å². The van der Waals surface area contributed by atoms with Crippen LogP contribution in [0.25, 0.3) is 83.9 Å². The number of hydrogen-bond donors (Lipinski definition) is 1.